The van der Waals surface area contributed by atoms with E-state index < -0.39 is 17.3 Å². The Morgan fingerprint density at radius 3 is 2.45 bits per heavy atom. The fourth-order valence-electron chi connectivity index (χ4n) is 1.41. The summed E-state index contributed by atoms with van der Waals surface area (Å²) in [6, 6.07) is 3.82. The number of amides is 2. The van der Waals surface area contributed by atoms with Gasteiger partial charge in [0.2, 0.25) is 5.91 Å². The second-order valence-electron chi connectivity index (χ2n) is 4.92. The van der Waals surface area contributed by atoms with Gasteiger partial charge in [-0.15, -0.1) is 12.4 Å². The van der Waals surface area contributed by atoms with Crippen molar-refractivity contribution < 1.29 is 14.0 Å². The van der Waals surface area contributed by atoms with Gasteiger partial charge in [-0.1, -0.05) is 0 Å². The minimum atomic E-state index is -0.653. The normalized spacial score (nSPS) is 10.4. The minimum Gasteiger partial charge on any atom is -0.346 e. The van der Waals surface area contributed by atoms with Gasteiger partial charge in [-0.3, -0.25) is 9.59 Å². The number of carbonyl (C=O) groups is 2. The van der Waals surface area contributed by atoms with E-state index in [2.05, 4.69) is 10.6 Å². The molecule has 112 valence electrons. The van der Waals surface area contributed by atoms with Crippen LogP contribution >= 0.6 is 12.4 Å². The third-order valence-electron chi connectivity index (χ3n) is 2.49. The lowest BCUT2D eigenvalue weighted by Gasteiger charge is -2.24. The molecule has 0 fully saturated rings. The Labute approximate surface area is 123 Å². The van der Waals surface area contributed by atoms with Crippen molar-refractivity contribution in [3.8, 4) is 0 Å². The maximum Gasteiger partial charge on any atom is 0.254 e. The number of carbonyl (C=O) groups excluding carboxylic acids is 2. The highest BCUT2D eigenvalue weighted by atomic mass is 35.5. The van der Waals surface area contributed by atoms with E-state index >= 15 is 0 Å². The molecule has 0 aliphatic rings. The molecule has 2 amide bonds. The number of nitrogens with one attached hydrogen (secondary N) is 2. The van der Waals surface area contributed by atoms with Gasteiger partial charge >= 0.3 is 0 Å². The van der Waals surface area contributed by atoms with Crippen LogP contribution in [-0.4, -0.2) is 23.9 Å². The summed E-state index contributed by atoms with van der Waals surface area (Å²) in [6.07, 6.45) is 0. The van der Waals surface area contributed by atoms with Crippen LogP contribution in [0.1, 0.15) is 31.1 Å². The van der Waals surface area contributed by atoms with Crippen molar-refractivity contribution in [2.75, 3.05) is 11.9 Å². The predicted molar refractivity (Wildman–Crippen MR) is 78.6 cm³/mol. The summed E-state index contributed by atoms with van der Waals surface area (Å²) in [6.45, 7) is 5.04. The van der Waals surface area contributed by atoms with E-state index in [0.29, 0.717) is 5.69 Å². The van der Waals surface area contributed by atoms with Gasteiger partial charge in [-0.2, -0.15) is 0 Å². The van der Waals surface area contributed by atoms with E-state index in [0.717, 1.165) is 6.07 Å². The molecule has 0 aliphatic heterocycles. The summed E-state index contributed by atoms with van der Waals surface area (Å²) >= 11 is 0. The van der Waals surface area contributed by atoms with Crippen molar-refractivity contribution in [2.24, 2.45) is 5.73 Å². The molecular weight excluding hydrogens is 285 g/mol. The maximum absolute atomic E-state index is 13.6. The van der Waals surface area contributed by atoms with Crippen LogP contribution in [0.2, 0.25) is 0 Å². The summed E-state index contributed by atoms with van der Waals surface area (Å²) in [7, 11) is 0. The SMILES string of the molecule is CC(=O)Nc1ccc(F)c(C(=O)NC(C)(C)CN)c1.Cl. The first-order valence-corrected chi connectivity index (χ1v) is 5.85. The molecule has 0 radical (unpaired) electrons. The van der Waals surface area contributed by atoms with Gasteiger partial charge in [0.25, 0.3) is 5.91 Å². The van der Waals surface area contributed by atoms with E-state index in [1.807, 2.05) is 0 Å². The van der Waals surface area contributed by atoms with Crippen molar-refractivity contribution in [3.63, 3.8) is 0 Å². The molecule has 4 N–H and O–H groups in total. The van der Waals surface area contributed by atoms with Gasteiger partial charge in [0.1, 0.15) is 5.82 Å². The molecular formula is C13H19ClFN3O2. The minimum absolute atomic E-state index is 0. The lowest BCUT2D eigenvalue weighted by atomic mass is 10.0. The van der Waals surface area contributed by atoms with Crippen LogP contribution in [0, 0.1) is 5.82 Å². The third kappa shape index (κ3) is 5.14. The number of anilines is 1. The smallest absolute Gasteiger partial charge is 0.254 e. The average molecular weight is 304 g/mol. The van der Waals surface area contributed by atoms with Crippen molar-refractivity contribution in [1.82, 2.24) is 5.32 Å². The fraction of sp³-hybridized carbons (Fsp3) is 0.385. The van der Waals surface area contributed by atoms with Crippen LogP contribution in [0.15, 0.2) is 18.2 Å². The van der Waals surface area contributed by atoms with Gasteiger partial charge in [0.05, 0.1) is 5.56 Å². The molecule has 7 heteroatoms. The maximum atomic E-state index is 13.6. The monoisotopic (exact) mass is 303 g/mol. The number of benzene rings is 1. The second-order valence-corrected chi connectivity index (χ2v) is 4.92. The zero-order valence-electron chi connectivity index (χ0n) is 11.6. The van der Waals surface area contributed by atoms with Crippen molar-refractivity contribution in [3.05, 3.63) is 29.6 Å². The molecule has 0 spiro atoms. The zero-order valence-corrected chi connectivity index (χ0v) is 12.4. The summed E-state index contributed by atoms with van der Waals surface area (Å²) in [4.78, 5) is 22.9. The van der Waals surface area contributed by atoms with E-state index in [1.165, 1.54) is 19.1 Å². The first kappa shape index (κ1) is 18.3. The molecule has 0 aliphatic carbocycles. The zero-order chi connectivity index (χ0) is 14.6. The molecule has 1 aromatic carbocycles. The van der Waals surface area contributed by atoms with Gasteiger partial charge in [0, 0.05) is 24.7 Å². The molecule has 1 aromatic rings. The number of halogens is 2. The van der Waals surface area contributed by atoms with Gasteiger partial charge in [0.15, 0.2) is 0 Å². The van der Waals surface area contributed by atoms with E-state index in [9.17, 15) is 14.0 Å². The fourth-order valence-corrected chi connectivity index (χ4v) is 1.41. The Kier molecular flexibility index (Phi) is 6.61. The molecule has 0 saturated carbocycles. The highest BCUT2D eigenvalue weighted by molar-refractivity contribution is 5.97. The summed E-state index contributed by atoms with van der Waals surface area (Å²) < 4.78 is 13.6. The van der Waals surface area contributed by atoms with Crippen LogP contribution in [0.3, 0.4) is 0 Å². The van der Waals surface area contributed by atoms with Crippen LogP contribution in [0.5, 0.6) is 0 Å². The van der Waals surface area contributed by atoms with Crippen molar-refractivity contribution in [2.45, 2.75) is 26.3 Å². The summed E-state index contributed by atoms with van der Waals surface area (Å²) in [5.74, 6) is -1.51. The lowest BCUT2D eigenvalue weighted by molar-refractivity contribution is -0.114. The second kappa shape index (κ2) is 7.21. The topological polar surface area (TPSA) is 84.2 Å². The Balaban J connectivity index is 0.00000361. The molecule has 0 heterocycles. The molecule has 0 saturated heterocycles. The van der Waals surface area contributed by atoms with Gasteiger partial charge in [-0.25, -0.2) is 4.39 Å². The molecule has 0 bridgehead atoms. The highest BCUT2D eigenvalue weighted by Gasteiger charge is 2.21. The van der Waals surface area contributed by atoms with Crippen LogP contribution in [0.25, 0.3) is 0 Å². The number of rotatable bonds is 4. The molecule has 5 nitrogen and oxygen atoms in total. The van der Waals surface area contributed by atoms with Crippen molar-refractivity contribution in [1.29, 1.82) is 0 Å². The van der Waals surface area contributed by atoms with E-state index in [-0.39, 0.29) is 30.4 Å². The average Bonchev–Trinajstić information content (AvgIpc) is 2.30. The predicted octanol–water partition coefficient (Wildman–Crippen LogP) is 1.67. The molecule has 0 aromatic heterocycles. The largest absolute Gasteiger partial charge is 0.346 e. The van der Waals surface area contributed by atoms with Gasteiger partial charge in [-0.05, 0) is 32.0 Å². The summed E-state index contributed by atoms with van der Waals surface area (Å²) in [5, 5.41) is 5.12. The van der Waals surface area contributed by atoms with E-state index in [4.69, 9.17) is 5.73 Å². The number of hydrogen-bond acceptors (Lipinski definition) is 3. The Bertz CT molecular complexity index is 506. The molecule has 1 rings (SSSR count). The molecule has 0 unspecified atom stereocenters. The highest BCUT2D eigenvalue weighted by Crippen LogP contribution is 2.15. The quantitative estimate of drug-likeness (QED) is 0.791. The van der Waals surface area contributed by atoms with Crippen LogP contribution in [-0.2, 0) is 4.79 Å². The van der Waals surface area contributed by atoms with Gasteiger partial charge < -0.3 is 16.4 Å². The standard InChI is InChI=1S/C13H18FN3O2.ClH/c1-8(18)16-9-4-5-11(14)10(6-9)12(19)17-13(2,3)7-15;/h4-6H,7,15H2,1-3H3,(H,16,18)(H,17,19);1H. The van der Waals surface area contributed by atoms with Crippen LogP contribution in [0.4, 0.5) is 10.1 Å². The Morgan fingerprint density at radius 2 is 1.95 bits per heavy atom. The Hall–Kier alpha value is -1.66. The number of hydrogen-bond donors (Lipinski definition) is 3. The Morgan fingerprint density at radius 1 is 1.35 bits per heavy atom. The molecule has 20 heavy (non-hydrogen) atoms. The van der Waals surface area contributed by atoms with Crippen molar-refractivity contribution >= 4 is 29.9 Å². The number of nitrogens with two attached hydrogens (primary N) is 1. The molecule has 0 atom stereocenters. The van der Waals surface area contributed by atoms with E-state index in [1.54, 1.807) is 13.8 Å². The third-order valence-corrected chi connectivity index (χ3v) is 2.49. The summed E-state index contributed by atoms with van der Waals surface area (Å²) in [5.41, 5.74) is 5.10. The lowest BCUT2D eigenvalue weighted by Crippen LogP contribution is -2.49. The van der Waals surface area contributed by atoms with Crippen LogP contribution < -0.4 is 16.4 Å². The first-order chi connectivity index (χ1) is 8.75. The first-order valence-electron chi connectivity index (χ1n) is 5.85.